The summed E-state index contributed by atoms with van der Waals surface area (Å²) in [5.74, 6) is 1.38. The van der Waals surface area contributed by atoms with E-state index >= 15 is 0 Å². The maximum Gasteiger partial charge on any atom is 0.279 e. The lowest BCUT2D eigenvalue weighted by atomic mass is 10.2. The predicted octanol–water partition coefficient (Wildman–Crippen LogP) is 3.41. The fourth-order valence-corrected chi connectivity index (χ4v) is 2.38. The summed E-state index contributed by atoms with van der Waals surface area (Å²) < 4.78 is 11.4. The molecular formula is C14H18N2O2S. The van der Waals surface area contributed by atoms with E-state index in [9.17, 15) is 0 Å². The lowest BCUT2D eigenvalue weighted by Crippen LogP contribution is -2.00. The van der Waals surface area contributed by atoms with Crippen LogP contribution in [0.15, 0.2) is 18.2 Å². The summed E-state index contributed by atoms with van der Waals surface area (Å²) in [6, 6.07) is 5.72. The zero-order valence-electron chi connectivity index (χ0n) is 11.4. The Hall–Kier alpha value is -1.59. The summed E-state index contributed by atoms with van der Waals surface area (Å²) in [4.78, 5) is 5.52. The molecule has 0 aliphatic rings. The Kier molecular flexibility index (Phi) is 4.39. The van der Waals surface area contributed by atoms with E-state index in [0.29, 0.717) is 29.8 Å². The number of nitrogens with two attached hydrogens (primary N) is 1. The molecule has 2 N–H and O–H groups in total. The first-order chi connectivity index (χ1) is 9.13. The second kappa shape index (κ2) is 6.04. The summed E-state index contributed by atoms with van der Waals surface area (Å²) in [5, 5.41) is 0.636. The third kappa shape index (κ3) is 3.24. The molecular weight excluding hydrogens is 260 g/mol. The average Bonchev–Trinajstić information content (AvgIpc) is 2.71. The Morgan fingerprint density at radius 1 is 1.26 bits per heavy atom. The van der Waals surface area contributed by atoms with Gasteiger partial charge in [0, 0.05) is 11.4 Å². The Morgan fingerprint density at radius 3 is 2.63 bits per heavy atom. The highest BCUT2D eigenvalue weighted by atomic mass is 32.1. The molecule has 1 heterocycles. The van der Waals surface area contributed by atoms with Crippen LogP contribution in [0.4, 0.5) is 0 Å². The van der Waals surface area contributed by atoms with Gasteiger partial charge in [-0.25, -0.2) is 4.98 Å². The molecule has 1 aromatic heterocycles. The fraction of sp³-hybridized carbons (Fsp3) is 0.357. The number of thiazole rings is 1. The van der Waals surface area contributed by atoms with Crippen LogP contribution in [0, 0.1) is 13.8 Å². The fourth-order valence-electron chi connectivity index (χ4n) is 1.61. The van der Waals surface area contributed by atoms with Crippen molar-refractivity contribution in [2.45, 2.75) is 27.3 Å². The Balaban J connectivity index is 2.27. The van der Waals surface area contributed by atoms with Crippen LogP contribution in [-0.2, 0) is 6.54 Å². The van der Waals surface area contributed by atoms with Crippen molar-refractivity contribution >= 4 is 11.3 Å². The van der Waals surface area contributed by atoms with Crippen molar-refractivity contribution in [2.75, 3.05) is 6.61 Å². The van der Waals surface area contributed by atoms with Crippen molar-refractivity contribution in [1.82, 2.24) is 4.98 Å². The molecule has 19 heavy (non-hydrogen) atoms. The normalized spacial score (nSPS) is 10.5. The van der Waals surface area contributed by atoms with Gasteiger partial charge in [0.15, 0.2) is 11.5 Å². The van der Waals surface area contributed by atoms with Crippen molar-refractivity contribution in [3.8, 4) is 16.7 Å². The number of ether oxygens (including phenoxy) is 2. The molecule has 0 fully saturated rings. The third-order valence-electron chi connectivity index (χ3n) is 2.75. The second-order valence-electron chi connectivity index (χ2n) is 4.14. The van der Waals surface area contributed by atoms with E-state index in [1.807, 2.05) is 39.0 Å². The molecule has 0 radical (unpaired) electrons. The van der Waals surface area contributed by atoms with Gasteiger partial charge in [0.1, 0.15) is 0 Å². The molecule has 102 valence electrons. The van der Waals surface area contributed by atoms with Crippen LogP contribution in [0.3, 0.4) is 0 Å². The highest BCUT2D eigenvalue weighted by Gasteiger charge is 2.11. The van der Waals surface area contributed by atoms with Crippen molar-refractivity contribution in [3.05, 3.63) is 34.3 Å². The summed E-state index contributed by atoms with van der Waals surface area (Å²) in [7, 11) is 0. The van der Waals surface area contributed by atoms with Crippen LogP contribution >= 0.6 is 11.3 Å². The van der Waals surface area contributed by atoms with E-state index in [2.05, 4.69) is 4.98 Å². The molecule has 4 nitrogen and oxygen atoms in total. The molecule has 0 saturated carbocycles. The minimum Gasteiger partial charge on any atom is -0.490 e. The van der Waals surface area contributed by atoms with Gasteiger partial charge in [-0.1, -0.05) is 17.4 Å². The van der Waals surface area contributed by atoms with Gasteiger partial charge in [0.25, 0.3) is 5.19 Å². The lowest BCUT2D eigenvalue weighted by molar-refractivity contribution is 0.320. The van der Waals surface area contributed by atoms with E-state index in [4.69, 9.17) is 15.2 Å². The predicted molar refractivity (Wildman–Crippen MR) is 77.2 cm³/mol. The van der Waals surface area contributed by atoms with Crippen LogP contribution in [0.1, 0.15) is 23.1 Å². The average molecular weight is 278 g/mol. The zero-order valence-corrected chi connectivity index (χ0v) is 12.2. The summed E-state index contributed by atoms with van der Waals surface area (Å²) >= 11 is 1.53. The quantitative estimate of drug-likeness (QED) is 0.910. The number of rotatable bonds is 5. The van der Waals surface area contributed by atoms with Gasteiger partial charge in [0.2, 0.25) is 0 Å². The molecule has 1 aromatic carbocycles. The SMILES string of the molecule is CCOc1cc(CN)ccc1Oc1nc(C)c(C)s1. The van der Waals surface area contributed by atoms with Crippen molar-refractivity contribution in [3.63, 3.8) is 0 Å². The van der Waals surface area contributed by atoms with Crippen LogP contribution in [0.25, 0.3) is 0 Å². The highest BCUT2D eigenvalue weighted by Crippen LogP contribution is 2.35. The van der Waals surface area contributed by atoms with Crippen molar-refractivity contribution in [1.29, 1.82) is 0 Å². The molecule has 0 bridgehead atoms. The minimum absolute atomic E-state index is 0.482. The molecule has 0 aliphatic carbocycles. The Bertz CT molecular complexity index is 547. The molecule has 2 rings (SSSR count). The zero-order chi connectivity index (χ0) is 13.8. The van der Waals surface area contributed by atoms with Crippen LogP contribution in [0.5, 0.6) is 16.7 Å². The third-order valence-corrected chi connectivity index (χ3v) is 3.70. The summed E-state index contributed by atoms with van der Waals surface area (Å²) in [6.07, 6.45) is 0. The Morgan fingerprint density at radius 2 is 2.05 bits per heavy atom. The number of aromatic nitrogens is 1. The molecule has 2 aromatic rings. The summed E-state index contributed by atoms with van der Waals surface area (Å²) in [6.45, 7) is 7.01. The standard InChI is InChI=1S/C14H18N2O2S/c1-4-17-13-7-11(8-15)5-6-12(13)18-14-16-9(2)10(3)19-14/h5-7H,4,8,15H2,1-3H3. The van der Waals surface area contributed by atoms with E-state index in [1.54, 1.807) is 0 Å². The van der Waals surface area contributed by atoms with Crippen molar-refractivity contribution < 1.29 is 9.47 Å². The highest BCUT2D eigenvalue weighted by molar-refractivity contribution is 7.13. The lowest BCUT2D eigenvalue weighted by Gasteiger charge is -2.11. The first-order valence-corrected chi connectivity index (χ1v) is 7.03. The molecule has 0 amide bonds. The Labute approximate surface area is 117 Å². The first kappa shape index (κ1) is 13.8. The topological polar surface area (TPSA) is 57.4 Å². The van der Waals surface area contributed by atoms with E-state index in [-0.39, 0.29) is 0 Å². The number of hydrogen-bond acceptors (Lipinski definition) is 5. The van der Waals surface area contributed by atoms with Crippen LogP contribution in [-0.4, -0.2) is 11.6 Å². The molecule has 5 heteroatoms. The van der Waals surface area contributed by atoms with Gasteiger partial charge in [0.05, 0.1) is 12.3 Å². The second-order valence-corrected chi connectivity index (χ2v) is 5.31. The van der Waals surface area contributed by atoms with E-state index < -0.39 is 0 Å². The van der Waals surface area contributed by atoms with E-state index in [1.165, 1.54) is 11.3 Å². The van der Waals surface area contributed by atoms with Gasteiger partial charge in [-0.15, -0.1) is 0 Å². The number of hydrogen-bond donors (Lipinski definition) is 1. The van der Waals surface area contributed by atoms with Gasteiger partial charge in [-0.2, -0.15) is 0 Å². The smallest absolute Gasteiger partial charge is 0.279 e. The van der Waals surface area contributed by atoms with Gasteiger partial charge < -0.3 is 15.2 Å². The molecule has 0 saturated heterocycles. The van der Waals surface area contributed by atoms with Gasteiger partial charge in [-0.05, 0) is 38.5 Å². The van der Waals surface area contributed by atoms with Gasteiger partial charge in [-0.3, -0.25) is 0 Å². The van der Waals surface area contributed by atoms with Crippen LogP contribution < -0.4 is 15.2 Å². The molecule has 0 spiro atoms. The minimum atomic E-state index is 0.482. The maximum atomic E-state index is 5.80. The van der Waals surface area contributed by atoms with Gasteiger partial charge >= 0.3 is 0 Å². The molecule has 0 atom stereocenters. The largest absolute Gasteiger partial charge is 0.490 e. The number of aryl methyl sites for hydroxylation is 2. The first-order valence-electron chi connectivity index (χ1n) is 6.21. The summed E-state index contributed by atoms with van der Waals surface area (Å²) in [5.41, 5.74) is 7.65. The number of nitrogens with zero attached hydrogens (tertiary/aromatic N) is 1. The number of benzene rings is 1. The molecule has 0 aliphatic heterocycles. The van der Waals surface area contributed by atoms with Crippen LogP contribution in [0.2, 0.25) is 0 Å². The van der Waals surface area contributed by atoms with E-state index in [0.717, 1.165) is 16.1 Å². The maximum absolute atomic E-state index is 5.80. The van der Waals surface area contributed by atoms with Crippen molar-refractivity contribution in [2.24, 2.45) is 5.73 Å². The monoisotopic (exact) mass is 278 g/mol. The molecule has 0 unspecified atom stereocenters.